The number of pyridine rings is 1. The molecular weight excluding hydrogens is 350 g/mol. The van der Waals surface area contributed by atoms with Crippen LogP contribution in [0.15, 0.2) is 34.8 Å². The van der Waals surface area contributed by atoms with Crippen molar-refractivity contribution in [1.82, 2.24) is 14.5 Å². The summed E-state index contributed by atoms with van der Waals surface area (Å²) in [5.74, 6) is 1.48. The highest BCUT2D eigenvalue weighted by atomic mass is 79.9. The van der Waals surface area contributed by atoms with Crippen molar-refractivity contribution in [2.45, 2.75) is 20.3 Å². The molecule has 0 aliphatic carbocycles. The average Bonchev–Trinajstić information content (AvgIpc) is 2.75. The molecule has 0 aliphatic rings. The Bertz CT molecular complexity index is 790. The second-order valence-corrected chi connectivity index (χ2v) is 6.38. The van der Waals surface area contributed by atoms with Crippen molar-refractivity contribution in [2.75, 3.05) is 5.88 Å². The Kier molecular flexibility index (Phi) is 4.00. The summed E-state index contributed by atoms with van der Waals surface area (Å²) in [5, 5.41) is 0. The molecule has 0 amide bonds. The lowest BCUT2D eigenvalue weighted by atomic mass is 10.2. The second-order valence-electron chi connectivity index (χ2n) is 5.08. The molecule has 0 fully saturated rings. The van der Waals surface area contributed by atoms with Crippen LogP contribution in [-0.2, 0) is 6.42 Å². The molecule has 3 aromatic rings. The van der Waals surface area contributed by atoms with E-state index in [-0.39, 0.29) is 0 Å². The monoisotopic (exact) mass is 363 g/mol. The van der Waals surface area contributed by atoms with E-state index in [1.807, 2.05) is 19.1 Å². The van der Waals surface area contributed by atoms with Crippen LogP contribution in [0.1, 0.15) is 17.1 Å². The predicted octanol–water partition coefficient (Wildman–Crippen LogP) is 4.58. The Morgan fingerprint density at radius 3 is 2.67 bits per heavy atom. The topological polar surface area (TPSA) is 30.7 Å². The van der Waals surface area contributed by atoms with E-state index in [0.29, 0.717) is 12.3 Å². The number of hydrogen-bond donors (Lipinski definition) is 0. The third kappa shape index (κ3) is 2.83. The minimum atomic E-state index is 0.537. The van der Waals surface area contributed by atoms with E-state index in [9.17, 15) is 0 Å². The molecule has 21 heavy (non-hydrogen) atoms. The molecule has 0 N–H and O–H groups in total. The molecule has 3 nitrogen and oxygen atoms in total. The first-order valence-corrected chi connectivity index (χ1v) is 8.10. The highest BCUT2D eigenvalue weighted by molar-refractivity contribution is 9.10. The van der Waals surface area contributed by atoms with Crippen LogP contribution in [0.3, 0.4) is 0 Å². The third-order valence-electron chi connectivity index (χ3n) is 3.32. The first kappa shape index (κ1) is 14.5. The average molecular weight is 365 g/mol. The van der Waals surface area contributed by atoms with E-state index in [2.05, 4.69) is 55.6 Å². The lowest BCUT2D eigenvalue weighted by molar-refractivity contribution is 0.902. The minimum absolute atomic E-state index is 0.537. The highest BCUT2D eigenvalue weighted by Crippen LogP contribution is 2.24. The molecule has 2 aromatic heterocycles. The van der Waals surface area contributed by atoms with Gasteiger partial charge in [0, 0.05) is 22.5 Å². The Balaban J connectivity index is 2.32. The lowest BCUT2D eigenvalue weighted by Gasteiger charge is -2.10. The smallest absolute Gasteiger partial charge is 0.164 e. The van der Waals surface area contributed by atoms with Gasteiger partial charge in [-0.3, -0.25) is 4.57 Å². The molecular formula is C16H15BrClN3. The van der Waals surface area contributed by atoms with Crippen LogP contribution in [-0.4, -0.2) is 20.4 Å². The molecule has 108 valence electrons. The van der Waals surface area contributed by atoms with Gasteiger partial charge in [-0.1, -0.05) is 15.9 Å². The van der Waals surface area contributed by atoms with Crippen molar-refractivity contribution in [1.29, 1.82) is 0 Å². The van der Waals surface area contributed by atoms with Gasteiger partial charge in [0.05, 0.1) is 5.69 Å². The second kappa shape index (κ2) is 5.78. The molecule has 5 heteroatoms. The highest BCUT2D eigenvalue weighted by Gasteiger charge is 2.14. The van der Waals surface area contributed by atoms with Crippen LogP contribution in [0.4, 0.5) is 0 Å². The summed E-state index contributed by atoms with van der Waals surface area (Å²) in [6.45, 7) is 4.07. The Labute approximate surface area is 137 Å². The summed E-state index contributed by atoms with van der Waals surface area (Å²) in [4.78, 5) is 9.34. The zero-order valence-electron chi connectivity index (χ0n) is 11.9. The van der Waals surface area contributed by atoms with Crippen LogP contribution in [0, 0.1) is 13.8 Å². The summed E-state index contributed by atoms with van der Waals surface area (Å²) in [7, 11) is 0. The predicted molar refractivity (Wildman–Crippen MR) is 90.5 cm³/mol. The fraction of sp³-hybridized carbons (Fsp3) is 0.250. The van der Waals surface area contributed by atoms with Crippen molar-refractivity contribution in [3.63, 3.8) is 0 Å². The first-order valence-electron chi connectivity index (χ1n) is 6.77. The minimum Gasteiger partial charge on any atom is -0.281 e. The molecule has 0 saturated carbocycles. The zero-order valence-corrected chi connectivity index (χ0v) is 14.2. The largest absolute Gasteiger partial charge is 0.281 e. The van der Waals surface area contributed by atoms with Crippen LogP contribution in [0.25, 0.3) is 16.9 Å². The van der Waals surface area contributed by atoms with Crippen LogP contribution in [0.2, 0.25) is 0 Å². The van der Waals surface area contributed by atoms with Gasteiger partial charge in [-0.2, -0.15) is 0 Å². The summed E-state index contributed by atoms with van der Waals surface area (Å²) >= 11 is 9.49. The quantitative estimate of drug-likeness (QED) is 0.637. The SMILES string of the molecule is Cc1cc(Br)cc(-n2c(CCCl)nc3ccc(C)nc32)c1. The van der Waals surface area contributed by atoms with Crippen molar-refractivity contribution >= 4 is 38.7 Å². The van der Waals surface area contributed by atoms with E-state index in [0.717, 1.165) is 32.8 Å². The standard InChI is InChI=1S/C16H15BrClN3/c1-10-7-12(17)9-13(8-10)21-15(5-6-18)20-14-4-3-11(2)19-16(14)21/h3-4,7-9H,5-6H2,1-2H3. The Morgan fingerprint density at radius 1 is 1.14 bits per heavy atom. The molecule has 0 spiro atoms. The Morgan fingerprint density at radius 2 is 1.95 bits per heavy atom. The maximum atomic E-state index is 5.93. The number of fused-ring (bicyclic) bond motifs is 1. The van der Waals surface area contributed by atoms with Crippen LogP contribution < -0.4 is 0 Å². The van der Waals surface area contributed by atoms with E-state index in [1.54, 1.807) is 0 Å². The van der Waals surface area contributed by atoms with Gasteiger partial charge in [-0.15, -0.1) is 11.6 Å². The fourth-order valence-corrected chi connectivity index (χ4v) is 3.23. The number of alkyl halides is 1. The third-order valence-corrected chi connectivity index (χ3v) is 3.96. The number of aryl methyl sites for hydroxylation is 3. The molecule has 2 heterocycles. The van der Waals surface area contributed by atoms with Crippen molar-refractivity contribution in [3.8, 4) is 5.69 Å². The molecule has 0 aliphatic heterocycles. The number of hydrogen-bond acceptors (Lipinski definition) is 2. The van der Waals surface area contributed by atoms with E-state index < -0.39 is 0 Å². The Hall–Kier alpha value is -1.39. The fourth-order valence-electron chi connectivity index (χ4n) is 2.47. The van der Waals surface area contributed by atoms with Gasteiger partial charge in [-0.25, -0.2) is 9.97 Å². The summed E-state index contributed by atoms with van der Waals surface area (Å²) in [6.07, 6.45) is 0.711. The molecule has 3 rings (SSSR count). The van der Waals surface area contributed by atoms with Crippen molar-refractivity contribution < 1.29 is 0 Å². The molecule has 0 bridgehead atoms. The number of rotatable bonds is 3. The van der Waals surface area contributed by atoms with Crippen molar-refractivity contribution in [2.24, 2.45) is 0 Å². The molecule has 0 radical (unpaired) electrons. The molecule has 0 saturated heterocycles. The first-order chi connectivity index (χ1) is 10.1. The van der Waals surface area contributed by atoms with Gasteiger partial charge < -0.3 is 0 Å². The van der Waals surface area contributed by atoms with Crippen LogP contribution >= 0.6 is 27.5 Å². The van der Waals surface area contributed by atoms with E-state index in [1.165, 1.54) is 5.56 Å². The maximum absolute atomic E-state index is 5.93. The molecule has 0 atom stereocenters. The maximum Gasteiger partial charge on any atom is 0.164 e. The van der Waals surface area contributed by atoms with Crippen LogP contribution in [0.5, 0.6) is 0 Å². The van der Waals surface area contributed by atoms with Gasteiger partial charge in [0.2, 0.25) is 0 Å². The summed E-state index contributed by atoms with van der Waals surface area (Å²) in [6, 6.07) is 10.3. The normalized spacial score (nSPS) is 11.2. The number of halogens is 2. The van der Waals surface area contributed by atoms with Gasteiger partial charge in [0.1, 0.15) is 11.3 Å². The zero-order chi connectivity index (χ0) is 15.0. The molecule has 0 unspecified atom stereocenters. The van der Waals surface area contributed by atoms with E-state index in [4.69, 9.17) is 11.6 Å². The summed E-state index contributed by atoms with van der Waals surface area (Å²) in [5.41, 5.74) is 5.01. The lowest BCUT2D eigenvalue weighted by Crippen LogP contribution is -2.03. The number of nitrogens with zero attached hydrogens (tertiary/aromatic N) is 3. The van der Waals surface area contributed by atoms with Crippen molar-refractivity contribution in [3.05, 3.63) is 51.9 Å². The van der Waals surface area contributed by atoms with E-state index >= 15 is 0 Å². The number of aromatic nitrogens is 3. The summed E-state index contributed by atoms with van der Waals surface area (Å²) < 4.78 is 3.14. The molecule has 1 aromatic carbocycles. The van der Waals surface area contributed by atoms with Gasteiger partial charge >= 0.3 is 0 Å². The number of imidazole rings is 1. The van der Waals surface area contributed by atoms with Gasteiger partial charge in [-0.05, 0) is 49.7 Å². The van der Waals surface area contributed by atoms with Gasteiger partial charge in [0.15, 0.2) is 5.65 Å². The van der Waals surface area contributed by atoms with Gasteiger partial charge in [0.25, 0.3) is 0 Å². The number of benzene rings is 1.